The molecule has 1 saturated heterocycles. The lowest BCUT2D eigenvalue weighted by Gasteiger charge is -2.38. The molecule has 44 heavy (non-hydrogen) atoms. The van der Waals surface area contributed by atoms with Gasteiger partial charge in [0.2, 0.25) is 11.8 Å². The first-order valence-corrected chi connectivity index (χ1v) is 15.0. The minimum atomic E-state index is -1.23. The predicted octanol–water partition coefficient (Wildman–Crippen LogP) is 4.99. The number of rotatable bonds is 9. The van der Waals surface area contributed by atoms with Crippen LogP contribution in [-0.2, 0) is 27.3 Å². The Bertz CT molecular complexity index is 1790. The van der Waals surface area contributed by atoms with Crippen LogP contribution in [0.1, 0.15) is 34.3 Å². The van der Waals surface area contributed by atoms with Crippen LogP contribution >= 0.6 is 0 Å². The number of benzene rings is 4. The van der Waals surface area contributed by atoms with Crippen LogP contribution in [0.4, 0.5) is 0 Å². The average molecular weight is 589 g/mol. The summed E-state index contributed by atoms with van der Waals surface area (Å²) in [6, 6.07) is 30.6. The highest BCUT2D eigenvalue weighted by Crippen LogP contribution is 2.25. The van der Waals surface area contributed by atoms with E-state index in [0.29, 0.717) is 44.6 Å². The second-order valence-electron chi connectivity index (χ2n) is 11.5. The summed E-state index contributed by atoms with van der Waals surface area (Å²) in [6.07, 6.45) is 2.56. The number of fused-ring (bicyclic) bond motifs is 2. The van der Waals surface area contributed by atoms with E-state index >= 15 is 0 Å². The Morgan fingerprint density at radius 1 is 0.864 bits per heavy atom. The summed E-state index contributed by atoms with van der Waals surface area (Å²) in [6.45, 7) is 1.04. The van der Waals surface area contributed by atoms with Gasteiger partial charge in [-0.25, -0.2) is 0 Å². The third-order valence-electron chi connectivity index (χ3n) is 8.46. The zero-order chi connectivity index (χ0) is 30.5. The summed E-state index contributed by atoms with van der Waals surface area (Å²) in [7, 11) is 1.75. The van der Waals surface area contributed by atoms with Crippen LogP contribution in [0.2, 0.25) is 0 Å². The number of likely N-dealkylation sites (N-methyl/N-ethyl adjacent to an activating group) is 1. The summed E-state index contributed by atoms with van der Waals surface area (Å²) in [5.41, 5.74) is 2.00. The molecular weight excluding hydrogens is 552 g/mol. The number of nitrogens with one attached hydrogen (secondary N) is 3. The van der Waals surface area contributed by atoms with Crippen LogP contribution in [0.25, 0.3) is 21.7 Å². The molecule has 0 bridgehead atoms. The Balaban J connectivity index is 1.28. The normalized spacial score (nSPS) is 15.0. The third-order valence-corrected chi connectivity index (χ3v) is 8.46. The highest BCUT2D eigenvalue weighted by Gasteiger charge is 2.43. The van der Waals surface area contributed by atoms with Crippen LogP contribution in [0, 0.1) is 0 Å². The zero-order valence-electron chi connectivity index (χ0n) is 24.7. The maximum absolute atomic E-state index is 14.2. The van der Waals surface area contributed by atoms with E-state index in [-0.39, 0.29) is 17.7 Å². The molecule has 3 amide bonds. The van der Waals surface area contributed by atoms with Crippen molar-refractivity contribution in [3.05, 3.63) is 120 Å². The first-order chi connectivity index (χ1) is 21.4. The molecule has 0 aliphatic carbocycles. The van der Waals surface area contributed by atoms with Gasteiger partial charge >= 0.3 is 0 Å². The molecule has 8 heteroatoms. The van der Waals surface area contributed by atoms with Gasteiger partial charge in [-0.2, -0.15) is 0 Å². The Labute approximate surface area is 256 Å². The first-order valence-electron chi connectivity index (χ1n) is 15.0. The van der Waals surface area contributed by atoms with Crippen molar-refractivity contribution in [2.75, 3.05) is 20.3 Å². The molecule has 1 aliphatic heterocycles. The van der Waals surface area contributed by atoms with E-state index in [9.17, 15) is 14.4 Å². The highest BCUT2D eigenvalue weighted by atomic mass is 16.5. The van der Waals surface area contributed by atoms with Gasteiger partial charge in [0.1, 0.15) is 11.6 Å². The summed E-state index contributed by atoms with van der Waals surface area (Å²) < 4.78 is 5.60. The molecular formula is C36H36N4O4. The van der Waals surface area contributed by atoms with Crippen molar-refractivity contribution in [1.29, 1.82) is 0 Å². The van der Waals surface area contributed by atoms with E-state index in [1.165, 1.54) is 0 Å². The average Bonchev–Trinajstić information content (AvgIpc) is 3.49. The van der Waals surface area contributed by atoms with Gasteiger partial charge in [0, 0.05) is 63.2 Å². The molecule has 6 rings (SSSR count). The Hall–Kier alpha value is -4.95. The van der Waals surface area contributed by atoms with Crippen LogP contribution in [0.3, 0.4) is 0 Å². The van der Waals surface area contributed by atoms with E-state index in [1.54, 1.807) is 18.1 Å². The van der Waals surface area contributed by atoms with E-state index in [2.05, 4.69) is 21.7 Å². The standard InChI is InChI=1S/C36H36N4O4/c1-40(24-25-9-3-2-4-10-25)34(42)32(22-26-15-16-27-11-5-6-12-28(27)21-26)38-35(43)36(17-19-44-20-18-36)39-33(41)30-23-37-31-14-8-7-13-29(30)31/h2-16,21,23,32,37H,17-20,22,24H2,1H3,(H,38,43)(H,39,41)/t32-/m0/s1. The van der Waals surface area contributed by atoms with E-state index < -0.39 is 11.6 Å². The Morgan fingerprint density at radius 3 is 2.36 bits per heavy atom. The third kappa shape index (κ3) is 6.21. The zero-order valence-corrected chi connectivity index (χ0v) is 24.7. The van der Waals surface area contributed by atoms with Crippen molar-refractivity contribution in [1.82, 2.24) is 20.5 Å². The molecule has 8 nitrogen and oxygen atoms in total. The maximum Gasteiger partial charge on any atom is 0.254 e. The lowest BCUT2D eigenvalue weighted by molar-refractivity contribution is -0.139. The fourth-order valence-electron chi connectivity index (χ4n) is 5.97. The number of ether oxygens (including phenoxy) is 1. The molecule has 1 atom stereocenters. The number of para-hydroxylation sites is 1. The van der Waals surface area contributed by atoms with Crippen molar-refractivity contribution in [2.24, 2.45) is 0 Å². The number of nitrogens with zero attached hydrogens (tertiary/aromatic N) is 1. The van der Waals surface area contributed by atoms with E-state index in [0.717, 1.165) is 32.8 Å². The summed E-state index contributed by atoms with van der Waals surface area (Å²) >= 11 is 0. The lowest BCUT2D eigenvalue weighted by atomic mass is 9.87. The fourth-order valence-corrected chi connectivity index (χ4v) is 5.97. The Morgan fingerprint density at radius 2 is 1.57 bits per heavy atom. The predicted molar refractivity (Wildman–Crippen MR) is 171 cm³/mol. The van der Waals surface area contributed by atoms with Gasteiger partial charge in [0.25, 0.3) is 5.91 Å². The maximum atomic E-state index is 14.2. The highest BCUT2D eigenvalue weighted by molar-refractivity contribution is 6.08. The molecule has 224 valence electrons. The molecule has 0 radical (unpaired) electrons. The van der Waals surface area contributed by atoms with Gasteiger partial charge in [-0.1, -0.05) is 91.0 Å². The smallest absolute Gasteiger partial charge is 0.254 e. The second kappa shape index (κ2) is 12.7. The van der Waals surface area contributed by atoms with Crippen molar-refractivity contribution in [2.45, 2.75) is 37.4 Å². The van der Waals surface area contributed by atoms with Gasteiger partial charge in [-0.3, -0.25) is 14.4 Å². The number of carbonyl (C=O) groups excluding carboxylic acids is 3. The summed E-state index contributed by atoms with van der Waals surface area (Å²) in [5, 5.41) is 9.06. The molecule has 4 aromatic carbocycles. The van der Waals surface area contributed by atoms with Gasteiger partial charge < -0.3 is 25.3 Å². The van der Waals surface area contributed by atoms with E-state index in [1.807, 2.05) is 91.0 Å². The van der Waals surface area contributed by atoms with Crippen LogP contribution in [0.15, 0.2) is 103 Å². The lowest BCUT2D eigenvalue weighted by Crippen LogP contribution is -2.64. The number of hydrogen-bond donors (Lipinski definition) is 3. The molecule has 3 N–H and O–H groups in total. The van der Waals surface area contributed by atoms with Crippen molar-refractivity contribution in [3.63, 3.8) is 0 Å². The molecule has 2 heterocycles. The number of aromatic amines is 1. The summed E-state index contributed by atoms with van der Waals surface area (Å²) in [5.74, 6) is -0.945. The summed E-state index contributed by atoms with van der Waals surface area (Å²) in [4.78, 5) is 46.6. The quantitative estimate of drug-likeness (QED) is 0.226. The van der Waals surface area contributed by atoms with Gasteiger partial charge in [-0.15, -0.1) is 0 Å². The SMILES string of the molecule is CN(Cc1ccccc1)C(=O)[C@H](Cc1ccc2ccccc2c1)NC(=O)C1(NC(=O)c2c[nH]c3ccccc23)CCOCC1. The Kier molecular flexibility index (Phi) is 8.43. The van der Waals surface area contributed by atoms with Crippen LogP contribution < -0.4 is 10.6 Å². The first kappa shape index (κ1) is 29.1. The monoisotopic (exact) mass is 588 g/mol. The van der Waals surface area contributed by atoms with Gasteiger partial charge in [0.05, 0.1) is 5.56 Å². The number of carbonyl (C=O) groups is 3. The molecule has 1 fully saturated rings. The van der Waals surface area contributed by atoms with Crippen LogP contribution in [0.5, 0.6) is 0 Å². The molecule has 5 aromatic rings. The van der Waals surface area contributed by atoms with Crippen molar-refractivity contribution in [3.8, 4) is 0 Å². The molecule has 0 saturated carbocycles. The molecule has 1 aromatic heterocycles. The number of H-pyrrole nitrogens is 1. The van der Waals surface area contributed by atoms with E-state index in [4.69, 9.17) is 4.74 Å². The van der Waals surface area contributed by atoms with Gasteiger partial charge in [-0.05, 0) is 28.0 Å². The van der Waals surface area contributed by atoms with Crippen LogP contribution in [-0.4, -0.2) is 59.4 Å². The fraction of sp³-hybridized carbons (Fsp3) is 0.250. The molecule has 1 aliphatic rings. The largest absolute Gasteiger partial charge is 0.381 e. The second-order valence-corrected chi connectivity index (χ2v) is 11.5. The number of amides is 3. The van der Waals surface area contributed by atoms with Gasteiger partial charge in [0.15, 0.2) is 0 Å². The molecule has 0 spiro atoms. The number of hydrogen-bond acceptors (Lipinski definition) is 4. The van der Waals surface area contributed by atoms with Crippen molar-refractivity contribution >= 4 is 39.4 Å². The van der Waals surface area contributed by atoms with Crippen molar-refractivity contribution < 1.29 is 19.1 Å². The molecule has 0 unspecified atom stereocenters. The minimum Gasteiger partial charge on any atom is -0.381 e. The number of aromatic nitrogens is 1. The minimum absolute atomic E-state index is 0.208. The topological polar surface area (TPSA) is 104 Å².